The van der Waals surface area contributed by atoms with Gasteiger partial charge in [-0.25, -0.2) is 4.39 Å². The molecule has 1 aromatic heterocycles. The molecule has 0 aliphatic heterocycles. The van der Waals surface area contributed by atoms with Gasteiger partial charge in [0.15, 0.2) is 0 Å². The zero-order valence-corrected chi connectivity index (χ0v) is 18.7. The van der Waals surface area contributed by atoms with Gasteiger partial charge in [0.25, 0.3) is 0 Å². The Labute approximate surface area is 185 Å². The maximum absolute atomic E-state index is 13.6. The number of aromatic nitrogens is 1. The van der Waals surface area contributed by atoms with Crippen LogP contribution in [0.5, 0.6) is 5.75 Å². The summed E-state index contributed by atoms with van der Waals surface area (Å²) in [4.78, 5) is 5.93. The summed E-state index contributed by atoms with van der Waals surface area (Å²) in [6.45, 7) is 4.45. The molecule has 1 heterocycles. The molecule has 1 atom stereocenters. The minimum absolute atomic E-state index is 0. The lowest BCUT2D eigenvalue weighted by Crippen LogP contribution is -2.40. The summed E-state index contributed by atoms with van der Waals surface area (Å²) in [5.41, 5.74) is 5.06. The van der Waals surface area contributed by atoms with Crippen molar-refractivity contribution < 1.29 is 9.13 Å². The number of H-pyrrole nitrogens is 1. The first-order valence-corrected chi connectivity index (χ1v) is 10.8. The van der Waals surface area contributed by atoms with Gasteiger partial charge in [0.1, 0.15) is 11.6 Å². The third-order valence-electron chi connectivity index (χ3n) is 6.28. The lowest BCUT2D eigenvalue weighted by Gasteiger charge is -2.35. The van der Waals surface area contributed by atoms with Crippen LogP contribution >= 0.6 is 12.4 Å². The van der Waals surface area contributed by atoms with Crippen molar-refractivity contribution in [3.63, 3.8) is 0 Å². The van der Waals surface area contributed by atoms with Crippen LogP contribution in [0.15, 0.2) is 42.6 Å². The van der Waals surface area contributed by atoms with E-state index in [2.05, 4.69) is 35.0 Å². The van der Waals surface area contributed by atoms with Gasteiger partial charge in [-0.05, 0) is 92.6 Å². The third-order valence-corrected chi connectivity index (χ3v) is 6.28. The number of fused-ring (bicyclic) bond motifs is 2. The van der Waals surface area contributed by atoms with Gasteiger partial charge in [-0.3, -0.25) is 0 Å². The maximum atomic E-state index is 13.6. The number of hydrogen-bond acceptors (Lipinski definition) is 2. The molecule has 0 amide bonds. The van der Waals surface area contributed by atoms with Crippen molar-refractivity contribution >= 4 is 23.3 Å². The molecule has 4 rings (SSSR count). The van der Waals surface area contributed by atoms with E-state index in [9.17, 15) is 4.39 Å². The quantitative estimate of drug-likeness (QED) is 0.479. The highest BCUT2D eigenvalue weighted by Crippen LogP contribution is 2.32. The molecule has 1 aliphatic carbocycles. The molecular formula is C25H32ClFN2O. The van der Waals surface area contributed by atoms with E-state index in [1.807, 2.05) is 12.3 Å². The molecule has 0 fully saturated rings. The van der Waals surface area contributed by atoms with Crippen LogP contribution in [-0.2, 0) is 19.3 Å². The second-order valence-electron chi connectivity index (χ2n) is 8.14. The highest BCUT2D eigenvalue weighted by atomic mass is 35.5. The van der Waals surface area contributed by atoms with Crippen molar-refractivity contribution in [3.05, 3.63) is 65.1 Å². The number of nitrogens with zero attached hydrogens (tertiary/aromatic N) is 1. The molecule has 0 saturated heterocycles. The zero-order chi connectivity index (χ0) is 20.2. The predicted octanol–water partition coefficient (Wildman–Crippen LogP) is 5.94. The smallest absolute Gasteiger partial charge is 0.123 e. The molecule has 162 valence electrons. The first-order chi connectivity index (χ1) is 14.2. The van der Waals surface area contributed by atoms with E-state index in [1.54, 1.807) is 13.2 Å². The Balaban J connectivity index is 0.00000256. The van der Waals surface area contributed by atoms with Crippen LogP contribution in [0.3, 0.4) is 0 Å². The largest absolute Gasteiger partial charge is 0.496 e. The Morgan fingerprint density at radius 3 is 2.87 bits per heavy atom. The van der Waals surface area contributed by atoms with Crippen molar-refractivity contribution in [3.8, 4) is 5.75 Å². The molecule has 0 spiro atoms. The molecular weight excluding hydrogens is 399 g/mol. The number of hydrogen-bond donors (Lipinski definition) is 1. The number of rotatable bonds is 8. The Bertz CT molecular complexity index is 957. The van der Waals surface area contributed by atoms with Crippen LogP contribution < -0.4 is 4.74 Å². The molecule has 3 aromatic rings. The van der Waals surface area contributed by atoms with Crippen molar-refractivity contribution in [2.45, 2.75) is 51.5 Å². The van der Waals surface area contributed by atoms with E-state index in [0.717, 1.165) is 61.8 Å². The maximum Gasteiger partial charge on any atom is 0.123 e. The number of aryl methyl sites for hydroxylation is 2. The van der Waals surface area contributed by atoms with E-state index in [4.69, 9.17) is 4.74 Å². The molecule has 5 heteroatoms. The predicted molar refractivity (Wildman–Crippen MR) is 124 cm³/mol. The first-order valence-electron chi connectivity index (χ1n) is 10.8. The highest BCUT2D eigenvalue weighted by Gasteiger charge is 2.25. The van der Waals surface area contributed by atoms with Crippen molar-refractivity contribution in [1.82, 2.24) is 9.88 Å². The normalized spacial score (nSPS) is 15.8. The highest BCUT2D eigenvalue weighted by molar-refractivity contribution is 5.85. The van der Waals surface area contributed by atoms with E-state index < -0.39 is 0 Å². The Morgan fingerprint density at radius 1 is 1.20 bits per heavy atom. The SMILES string of the molecule is CCCN(CCCc1c[nH]c2ccc(F)cc12)[C@@H]1CCc2cccc(OC)c2C1.Cl. The average molecular weight is 431 g/mol. The van der Waals surface area contributed by atoms with E-state index in [-0.39, 0.29) is 18.2 Å². The minimum Gasteiger partial charge on any atom is -0.496 e. The zero-order valence-electron chi connectivity index (χ0n) is 17.9. The summed E-state index contributed by atoms with van der Waals surface area (Å²) in [5, 5.41) is 1.02. The number of methoxy groups -OCH3 is 1. The lowest BCUT2D eigenvalue weighted by atomic mass is 9.86. The first kappa shape index (κ1) is 22.6. The van der Waals surface area contributed by atoms with E-state index in [0.29, 0.717) is 6.04 Å². The van der Waals surface area contributed by atoms with Gasteiger partial charge < -0.3 is 14.6 Å². The lowest BCUT2D eigenvalue weighted by molar-refractivity contribution is 0.176. The molecule has 1 aliphatic rings. The fourth-order valence-electron chi connectivity index (χ4n) is 4.83. The number of aromatic amines is 1. The molecule has 2 aromatic carbocycles. The Morgan fingerprint density at radius 2 is 2.07 bits per heavy atom. The monoisotopic (exact) mass is 430 g/mol. The van der Waals surface area contributed by atoms with Crippen LogP contribution in [-0.4, -0.2) is 36.1 Å². The average Bonchev–Trinajstić information content (AvgIpc) is 3.14. The van der Waals surface area contributed by atoms with Gasteiger partial charge in [0.2, 0.25) is 0 Å². The molecule has 1 N–H and O–H groups in total. The van der Waals surface area contributed by atoms with Gasteiger partial charge in [0, 0.05) is 23.1 Å². The summed E-state index contributed by atoms with van der Waals surface area (Å²) in [5.74, 6) is 0.866. The number of ether oxygens (including phenoxy) is 1. The molecule has 3 nitrogen and oxygen atoms in total. The van der Waals surface area contributed by atoms with Crippen LogP contribution in [0.25, 0.3) is 10.9 Å². The molecule has 0 bridgehead atoms. The number of nitrogens with one attached hydrogen (secondary N) is 1. The van der Waals surface area contributed by atoms with Gasteiger partial charge in [-0.2, -0.15) is 0 Å². The van der Waals surface area contributed by atoms with Crippen LogP contribution in [0.4, 0.5) is 4.39 Å². The fourth-order valence-corrected chi connectivity index (χ4v) is 4.83. The Hall–Kier alpha value is -2.04. The minimum atomic E-state index is -0.166. The van der Waals surface area contributed by atoms with Gasteiger partial charge in [0.05, 0.1) is 7.11 Å². The molecule has 0 radical (unpaired) electrons. The van der Waals surface area contributed by atoms with Crippen LogP contribution in [0, 0.1) is 5.82 Å². The summed E-state index contributed by atoms with van der Waals surface area (Å²) in [7, 11) is 1.77. The second kappa shape index (κ2) is 10.3. The van der Waals surface area contributed by atoms with Crippen molar-refractivity contribution in [2.75, 3.05) is 20.2 Å². The number of halogens is 2. The van der Waals surface area contributed by atoms with E-state index >= 15 is 0 Å². The van der Waals surface area contributed by atoms with Gasteiger partial charge >= 0.3 is 0 Å². The second-order valence-corrected chi connectivity index (χ2v) is 8.14. The van der Waals surface area contributed by atoms with Crippen molar-refractivity contribution in [1.29, 1.82) is 0 Å². The topological polar surface area (TPSA) is 28.3 Å². The van der Waals surface area contributed by atoms with Crippen LogP contribution in [0.1, 0.15) is 42.9 Å². The van der Waals surface area contributed by atoms with Gasteiger partial charge in [-0.1, -0.05) is 19.1 Å². The summed E-state index contributed by atoms with van der Waals surface area (Å²) >= 11 is 0. The van der Waals surface area contributed by atoms with Gasteiger partial charge in [-0.15, -0.1) is 12.4 Å². The Kier molecular flexibility index (Phi) is 7.79. The summed E-state index contributed by atoms with van der Waals surface area (Å²) < 4.78 is 19.3. The molecule has 30 heavy (non-hydrogen) atoms. The third kappa shape index (κ3) is 4.81. The number of benzene rings is 2. The van der Waals surface area contributed by atoms with E-state index in [1.165, 1.54) is 29.2 Å². The standard InChI is InChI=1S/C25H31FN2O.ClH/c1-3-13-28(21-11-9-18-6-4-8-25(29-2)23(18)16-21)14-5-7-19-17-27-24-12-10-20(26)15-22(19)24;/h4,6,8,10,12,15,17,21,27H,3,5,7,9,11,13-14,16H2,1-2H3;1H/t21-;/m1./s1. The summed E-state index contributed by atoms with van der Waals surface area (Å²) in [6.07, 6.45) is 8.65. The molecule has 0 saturated carbocycles. The van der Waals surface area contributed by atoms with Crippen molar-refractivity contribution in [2.24, 2.45) is 0 Å². The van der Waals surface area contributed by atoms with Crippen LogP contribution in [0.2, 0.25) is 0 Å². The summed E-state index contributed by atoms with van der Waals surface area (Å²) in [6, 6.07) is 12.0. The molecule has 0 unspecified atom stereocenters. The fraction of sp³-hybridized carbons (Fsp3) is 0.440.